The van der Waals surface area contributed by atoms with E-state index in [1.165, 1.54) is 35.7 Å². The van der Waals surface area contributed by atoms with Crippen molar-refractivity contribution in [2.45, 2.75) is 50.6 Å². The topological polar surface area (TPSA) is 50.5 Å². The monoisotopic (exact) mass is 384 g/mol. The molecule has 2 aromatic rings. The van der Waals surface area contributed by atoms with Crippen LogP contribution in [-0.2, 0) is 11.3 Å². The quantitative estimate of drug-likeness (QED) is 0.667. The normalized spacial score (nSPS) is 18.6. The maximum Gasteiger partial charge on any atom is 0.269 e. The van der Waals surface area contributed by atoms with Crippen LogP contribution in [0.2, 0.25) is 0 Å². The summed E-state index contributed by atoms with van der Waals surface area (Å²) in [7, 11) is 0. The lowest BCUT2D eigenvalue weighted by Gasteiger charge is -2.23. The number of hydrogen-bond acceptors (Lipinski definition) is 3. The molecule has 0 N–H and O–H groups in total. The molecule has 146 valence electrons. The first-order valence-electron chi connectivity index (χ1n) is 9.54. The largest absolute Gasteiger partial charge is 0.269 e. The van der Waals surface area contributed by atoms with Crippen molar-refractivity contribution in [2.75, 3.05) is 0 Å². The van der Waals surface area contributed by atoms with E-state index in [4.69, 9.17) is 0 Å². The molecule has 1 aromatic carbocycles. The Morgan fingerprint density at radius 3 is 2.68 bits per heavy atom. The number of aromatic nitrogens is 2. The Kier molecular flexibility index (Phi) is 5.07. The van der Waals surface area contributed by atoms with E-state index in [2.05, 4.69) is 22.8 Å². The molecule has 1 atom stereocenters. The molecule has 1 aliphatic carbocycles. The number of hydrogen-bond donors (Lipinski definition) is 0. The molecule has 1 aliphatic heterocycles. The average Bonchev–Trinajstić information content (AvgIpc) is 3.19. The number of benzene rings is 1. The number of rotatable bonds is 7. The summed E-state index contributed by atoms with van der Waals surface area (Å²) in [5, 5.41) is 9.75. The zero-order chi connectivity index (χ0) is 19.7. The molecule has 0 saturated heterocycles. The molecule has 1 aromatic heterocycles. The summed E-state index contributed by atoms with van der Waals surface area (Å²) in [6.45, 7) is 4.64. The van der Waals surface area contributed by atoms with E-state index in [1.54, 1.807) is 6.21 Å². The highest BCUT2D eigenvalue weighted by Gasteiger charge is 2.30. The maximum absolute atomic E-state index is 13.6. The molecular formula is C21H22F2N4O. The van der Waals surface area contributed by atoms with Gasteiger partial charge in [-0.15, -0.1) is 0 Å². The minimum Gasteiger partial charge on any atom is -0.269 e. The van der Waals surface area contributed by atoms with Gasteiger partial charge in [-0.2, -0.15) is 10.2 Å². The van der Waals surface area contributed by atoms with Crippen LogP contribution in [0.4, 0.5) is 8.78 Å². The van der Waals surface area contributed by atoms with Gasteiger partial charge in [0.2, 0.25) is 0 Å². The number of amides is 1. The van der Waals surface area contributed by atoms with Crippen LogP contribution in [-0.4, -0.2) is 26.9 Å². The second-order valence-electron chi connectivity index (χ2n) is 7.36. The highest BCUT2D eigenvalue weighted by Crippen LogP contribution is 2.39. The predicted octanol–water partition coefficient (Wildman–Crippen LogP) is 4.33. The summed E-state index contributed by atoms with van der Waals surface area (Å²) in [5.41, 5.74) is 2.08. The van der Waals surface area contributed by atoms with Gasteiger partial charge < -0.3 is 0 Å². The van der Waals surface area contributed by atoms with E-state index in [1.807, 2.05) is 10.9 Å². The number of aryl methyl sites for hydroxylation is 1. The van der Waals surface area contributed by atoms with Gasteiger partial charge >= 0.3 is 0 Å². The van der Waals surface area contributed by atoms with Crippen LogP contribution in [0.1, 0.15) is 55.3 Å². The Morgan fingerprint density at radius 1 is 1.21 bits per heavy atom. The number of carbonyl (C=O) groups is 1. The number of carbonyl (C=O) groups excluding carboxylic acids is 1. The van der Waals surface area contributed by atoms with Crippen LogP contribution in [0.5, 0.6) is 0 Å². The molecule has 28 heavy (non-hydrogen) atoms. The van der Waals surface area contributed by atoms with Crippen LogP contribution < -0.4 is 0 Å². The number of nitrogens with zero attached hydrogens (tertiary/aromatic N) is 4. The summed E-state index contributed by atoms with van der Waals surface area (Å²) in [6, 6.07) is 4.84. The van der Waals surface area contributed by atoms with E-state index in [9.17, 15) is 13.6 Å². The lowest BCUT2D eigenvalue weighted by atomic mass is 10.0. The van der Waals surface area contributed by atoms with Crippen molar-refractivity contribution in [1.29, 1.82) is 0 Å². The van der Waals surface area contributed by atoms with Gasteiger partial charge in [-0.05, 0) is 49.4 Å². The molecule has 0 bridgehead atoms. The third kappa shape index (κ3) is 3.88. The predicted molar refractivity (Wildman–Crippen MR) is 102 cm³/mol. The van der Waals surface area contributed by atoms with Crippen LogP contribution in [0.3, 0.4) is 0 Å². The molecule has 1 amide bonds. The SMILES string of the molecule is C=C(CCCn1nccc1C1CC1)C(=O)N1N=CCC1c1cc(F)cc(F)c1. The minimum absolute atomic E-state index is 0.314. The third-order valence-corrected chi connectivity index (χ3v) is 5.20. The van der Waals surface area contributed by atoms with E-state index < -0.39 is 17.7 Å². The first-order valence-corrected chi connectivity index (χ1v) is 9.54. The molecule has 0 spiro atoms. The van der Waals surface area contributed by atoms with Crippen molar-refractivity contribution in [3.63, 3.8) is 0 Å². The van der Waals surface area contributed by atoms with Crippen LogP contribution in [0.25, 0.3) is 0 Å². The van der Waals surface area contributed by atoms with Gasteiger partial charge in [0.15, 0.2) is 0 Å². The molecule has 1 unspecified atom stereocenters. The summed E-state index contributed by atoms with van der Waals surface area (Å²) in [6.07, 6.45) is 7.50. The molecule has 4 rings (SSSR count). The molecular weight excluding hydrogens is 362 g/mol. The van der Waals surface area contributed by atoms with E-state index in [0.29, 0.717) is 29.9 Å². The fourth-order valence-corrected chi connectivity index (χ4v) is 3.62. The second-order valence-corrected chi connectivity index (χ2v) is 7.36. The molecule has 1 fully saturated rings. The molecule has 7 heteroatoms. The minimum atomic E-state index is -0.668. The number of halogens is 2. The van der Waals surface area contributed by atoms with Crippen molar-refractivity contribution in [1.82, 2.24) is 14.8 Å². The van der Waals surface area contributed by atoms with Gasteiger partial charge in [-0.3, -0.25) is 9.48 Å². The molecule has 2 aliphatic rings. The van der Waals surface area contributed by atoms with Gasteiger partial charge in [-0.25, -0.2) is 13.8 Å². The molecule has 5 nitrogen and oxygen atoms in total. The van der Waals surface area contributed by atoms with Gasteiger partial charge in [0.25, 0.3) is 5.91 Å². The van der Waals surface area contributed by atoms with E-state index >= 15 is 0 Å². The van der Waals surface area contributed by atoms with Gasteiger partial charge in [0.05, 0.1) is 6.04 Å². The van der Waals surface area contributed by atoms with Gasteiger partial charge in [-0.1, -0.05) is 6.58 Å². The van der Waals surface area contributed by atoms with Crippen LogP contribution in [0, 0.1) is 11.6 Å². The Labute approximate surface area is 162 Å². The highest BCUT2D eigenvalue weighted by molar-refractivity contribution is 5.94. The lowest BCUT2D eigenvalue weighted by Crippen LogP contribution is -2.28. The number of hydrazone groups is 1. The zero-order valence-corrected chi connectivity index (χ0v) is 15.5. The first-order chi connectivity index (χ1) is 13.5. The Hall–Kier alpha value is -2.83. The standard InChI is InChI=1S/C21H22F2N4O/c1-14(3-2-10-26-19(6-8-24-26)15-4-5-15)21(28)27-20(7-9-25-27)16-11-17(22)13-18(23)12-16/h6,8-9,11-13,15,20H,1-5,7,10H2. The third-order valence-electron chi connectivity index (χ3n) is 5.20. The van der Waals surface area contributed by atoms with Gasteiger partial charge in [0, 0.05) is 48.6 Å². The van der Waals surface area contributed by atoms with Crippen molar-refractivity contribution < 1.29 is 13.6 Å². The summed E-state index contributed by atoms with van der Waals surface area (Å²) in [5.74, 6) is -1.03. The van der Waals surface area contributed by atoms with Crippen LogP contribution >= 0.6 is 0 Å². The van der Waals surface area contributed by atoms with Crippen molar-refractivity contribution >= 4 is 12.1 Å². The summed E-state index contributed by atoms with van der Waals surface area (Å²) in [4.78, 5) is 12.8. The smallest absolute Gasteiger partial charge is 0.269 e. The fourth-order valence-electron chi connectivity index (χ4n) is 3.62. The Bertz CT molecular complexity index is 912. The first kappa shape index (κ1) is 18.5. The van der Waals surface area contributed by atoms with Crippen molar-refractivity contribution in [3.8, 4) is 0 Å². The second kappa shape index (κ2) is 7.66. The lowest BCUT2D eigenvalue weighted by molar-refractivity contribution is -0.129. The van der Waals surface area contributed by atoms with Crippen molar-refractivity contribution in [2.24, 2.45) is 5.10 Å². The summed E-state index contributed by atoms with van der Waals surface area (Å²) >= 11 is 0. The maximum atomic E-state index is 13.6. The average molecular weight is 384 g/mol. The zero-order valence-electron chi connectivity index (χ0n) is 15.5. The fraction of sp³-hybridized carbons (Fsp3) is 0.381. The summed E-state index contributed by atoms with van der Waals surface area (Å²) < 4.78 is 29.1. The molecule has 2 heterocycles. The Balaban J connectivity index is 1.36. The van der Waals surface area contributed by atoms with Crippen LogP contribution in [0.15, 0.2) is 47.7 Å². The highest BCUT2D eigenvalue weighted by atomic mass is 19.1. The van der Waals surface area contributed by atoms with E-state index in [-0.39, 0.29) is 5.91 Å². The molecule has 0 radical (unpaired) electrons. The van der Waals surface area contributed by atoms with E-state index in [0.717, 1.165) is 19.0 Å². The van der Waals surface area contributed by atoms with Crippen molar-refractivity contribution in [3.05, 3.63) is 65.5 Å². The molecule has 1 saturated carbocycles. The Morgan fingerprint density at radius 2 is 1.96 bits per heavy atom. The van der Waals surface area contributed by atoms with Gasteiger partial charge in [0.1, 0.15) is 11.6 Å².